The van der Waals surface area contributed by atoms with Gasteiger partial charge in [0.15, 0.2) is 5.96 Å². The number of hydrogen-bond donors (Lipinski definition) is 2. The number of ether oxygens (including phenoxy) is 1. The van der Waals surface area contributed by atoms with E-state index in [0.29, 0.717) is 12.6 Å². The number of halogens is 2. The van der Waals surface area contributed by atoms with Crippen LogP contribution in [0.25, 0.3) is 0 Å². The second-order valence-electron chi connectivity index (χ2n) is 3.95. The molecule has 0 saturated heterocycles. The van der Waals surface area contributed by atoms with Gasteiger partial charge in [-0.2, -0.15) is 8.78 Å². The van der Waals surface area contributed by atoms with Gasteiger partial charge in [-0.05, 0) is 6.92 Å². The normalized spacial score (nSPS) is 13.7. The predicted octanol–water partition coefficient (Wildman–Crippen LogP) is 0.978. The molecule has 0 saturated carbocycles. The fraction of sp³-hybridized carbons (Fsp3) is 0.636. The van der Waals surface area contributed by atoms with Crippen LogP contribution in [0.15, 0.2) is 17.4 Å². The highest BCUT2D eigenvalue weighted by Crippen LogP contribution is 2.11. The number of aliphatic imine (C=N–C) groups is 1. The lowest BCUT2D eigenvalue weighted by molar-refractivity contribution is 0.0668. The maximum Gasteiger partial charge on any atom is 0.319 e. The molecule has 0 spiro atoms. The zero-order valence-electron chi connectivity index (χ0n) is 11.2. The minimum Gasteiger partial charge on any atom is -0.383 e. The van der Waals surface area contributed by atoms with Crippen molar-refractivity contribution in [1.82, 2.24) is 20.2 Å². The van der Waals surface area contributed by atoms with Crippen LogP contribution < -0.4 is 10.6 Å². The predicted molar refractivity (Wildman–Crippen MR) is 68.2 cm³/mol. The molecular weight excluding hydrogens is 256 g/mol. The fourth-order valence-corrected chi connectivity index (χ4v) is 1.54. The molecule has 2 N–H and O–H groups in total. The average molecular weight is 275 g/mol. The lowest BCUT2D eigenvalue weighted by Gasteiger charge is -2.17. The Hall–Kier alpha value is -1.70. The Bertz CT molecular complexity index is 408. The number of methoxy groups -OCH3 is 1. The molecule has 6 nitrogen and oxygen atoms in total. The van der Waals surface area contributed by atoms with Gasteiger partial charge >= 0.3 is 6.55 Å². The average Bonchev–Trinajstić information content (AvgIpc) is 2.83. The van der Waals surface area contributed by atoms with Crippen molar-refractivity contribution >= 4 is 5.96 Å². The molecule has 1 unspecified atom stereocenters. The Morgan fingerprint density at radius 1 is 1.58 bits per heavy atom. The summed E-state index contributed by atoms with van der Waals surface area (Å²) in [5.41, 5.74) is 0. The van der Waals surface area contributed by atoms with Crippen LogP contribution in [-0.4, -0.2) is 42.3 Å². The highest BCUT2D eigenvalue weighted by molar-refractivity contribution is 5.79. The summed E-state index contributed by atoms with van der Waals surface area (Å²) < 4.78 is 31.0. The number of hydrogen-bond acceptors (Lipinski definition) is 3. The summed E-state index contributed by atoms with van der Waals surface area (Å²) in [4.78, 5) is 7.87. The van der Waals surface area contributed by atoms with Crippen LogP contribution in [0.3, 0.4) is 0 Å². The molecule has 1 atom stereocenters. The number of imidazole rings is 1. The molecule has 108 valence electrons. The van der Waals surface area contributed by atoms with E-state index in [2.05, 4.69) is 20.6 Å². The maximum atomic E-state index is 12.6. The molecule has 0 aliphatic rings. The number of nitrogens with one attached hydrogen (secondary N) is 2. The van der Waals surface area contributed by atoms with Gasteiger partial charge in [-0.15, -0.1) is 0 Å². The van der Waals surface area contributed by atoms with Gasteiger partial charge in [-0.25, -0.2) is 4.98 Å². The van der Waals surface area contributed by atoms with Crippen LogP contribution in [0.5, 0.6) is 0 Å². The fourth-order valence-electron chi connectivity index (χ4n) is 1.54. The third-order valence-corrected chi connectivity index (χ3v) is 2.40. The van der Waals surface area contributed by atoms with Gasteiger partial charge in [-0.1, -0.05) is 0 Å². The lowest BCUT2D eigenvalue weighted by Crippen LogP contribution is -2.43. The molecule has 8 heteroatoms. The molecule has 0 radical (unpaired) electrons. The molecule has 0 aliphatic heterocycles. The van der Waals surface area contributed by atoms with Crippen molar-refractivity contribution in [2.24, 2.45) is 4.99 Å². The molecule has 0 aliphatic carbocycles. The van der Waals surface area contributed by atoms with E-state index in [1.807, 2.05) is 6.92 Å². The number of guanidine groups is 1. The standard InChI is InChI=1S/C11H19F2N5O/c1-8(7-19-3)17-11(14-2)16-6-9-15-4-5-18(9)10(12)13/h4-5,8,10H,6-7H2,1-3H3,(H2,14,16,17). The highest BCUT2D eigenvalue weighted by Gasteiger charge is 2.12. The molecule has 1 aromatic heterocycles. The molecule has 1 aromatic rings. The van der Waals surface area contributed by atoms with E-state index >= 15 is 0 Å². The van der Waals surface area contributed by atoms with Crippen molar-refractivity contribution < 1.29 is 13.5 Å². The van der Waals surface area contributed by atoms with E-state index < -0.39 is 6.55 Å². The van der Waals surface area contributed by atoms with Gasteiger partial charge < -0.3 is 15.4 Å². The van der Waals surface area contributed by atoms with Gasteiger partial charge in [0.05, 0.1) is 13.2 Å². The third kappa shape index (κ3) is 4.82. The van der Waals surface area contributed by atoms with E-state index in [1.165, 1.54) is 12.4 Å². The largest absolute Gasteiger partial charge is 0.383 e. The van der Waals surface area contributed by atoms with Crippen LogP contribution in [-0.2, 0) is 11.3 Å². The maximum absolute atomic E-state index is 12.6. The van der Waals surface area contributed by atoms with Crippen LogP contribution in [0.4, 0.5) is 8.78 Å². The van der Waals surface area contributed by atoms with Crippen LogP contribution in [0, 0.1) is 0 Å². The van der Waals surface area contributed by atoms with Gasteiger partial charge in [0, 0.05) is 32.6 Å². The second-order valence-corrected chi connectivity index (χ2v) is 3.95. The van der Waals surface area contributed by atoms with Gasteiger partial charge in [0.2, 0.25) is 0 Å². The Morgan fingerprint density at radius 3 is 2.89 bits per heavy atom. The molecule has 0 amide bonds. The Labute approximate surface area is 110 Å². The van der Waals surface area contributed by atoms with Crippen molar-refractivity contribution in [3.63, 3.8) is 0 Å². The topological polar surface area (TPSA) is 63.5 Å². The van der Waals surface area contributed by atoms with Crippen molar-refractivity contribution in [1.29, 1.82) is 0 Å². The van der Waals surface area contributed by atoms with Crippen LogP contribution >= 0.6 is 0 Å². The summed E-state index contributed by atoms with van der Waals surface area (Å²) in [7, 11) is 3.21. The molecule has 0 aromatic carbocycles. The number of aromatic nitrogens is 2. The van der Waals surface area contributed by atoms with Crippen LogP contribution in [0.1, 0.15) is 19.3 Å². The Morgan fingerprint density at radius 2 is 2.32 bits per heavy atom. The smallest absolute Gasteiger partial charge is 0.319 e. The zero-order chi connectivity index (χ0) is 14.3. The highest BCUT2D eigenvalue weighted by atomic mass is 19.3. The first-order valence-electron chi connectivity index (χ1n) is 5.84. The van der Waals surface area contributed by atoms with Gasteiger partial charge in [0.1, 0.15) is 5.82 Å². The minimum atomic E-state index is -2.60. The summed E-state index contributed by atoms with van der Waals surface area (Å²) in [6.45, 7) is 0.0150. The Balaban J connectivity index is 2.52. The van der Waals surface area contributed by atoms with E-state index in [-0.39, 0.29) is 18.4 Å². The number of nitrogens with zero attached hydrogens (tertiary/aromatic N) is 3. The number of alkyl halides is 2. The molecule has 1 rings (SSSR count). The first-order chi connectivity index (χ1) is 9.08. The van der Waals surface area contributed by atoms with E-state index in [1.54, 1.807) is 14.2 Å². The number of rotatable bonds is 6. The monoisotopic (exact) mass is 275 g/mol. The van der Waals surface area contributed by atoms with Crippen LogP contribution in [0.2, 0.25) is 0 Å². The summed E-state index contributed by atoms with van der Waals surface area (Å²) >= 11 is 0. The molecule has 19 heavy (non-hydrogen) atoms. The molecular formula is C11H19F2N5O. The Kier molecular flexibility index (Phi) is 6.20. The third-order valence-electron chi connectivity index (χ3n) is 2.40. The first kappa shape index (κ1) is 15.4. The summed E-state index contributed by atoms with van der Waals surface area (Å²) in [5, 5.41) is 5.99. The minimum absolute atomic E-state index is 0.0612. The second kappa shape index (κ2) is 7.67. The SMILES string of the molecule is CN=C(NCc1nccn1C(F)F)NC(C)COC. The van der Waals surface area contributed by atoms with Gasteiger partial charge in [-0.3, -0.25) is 9.56 Å². The summed E-state index contributed by atoms with van der Waals surface area (Å²) in [5.74, 6) is 0.755. The zero-order valence-corrected chi connectivity index (χ0v) is 11.2. The van der Waals surface area contributed by atoms with Gasteiger partial charge in [0.25, 0.3) is 0 Å². The first-order valence-corrected chi connectivity index (χ1v) is 5.84. The van der Waals surface area contributed by atoms with E-state index in [9.17, 15) is 8.78 Å². The van der Waals surface area contributed by atoms with Crippen molar-refractivity contribution in [3.8, 4) is 0 Å². The van der Waals surface area contributed by atoms with E-state index in [4.69, 9.17) is 4.74 Å². The van der Waals surface area contributed by atoms with E-state index in [0.717, 1.165) is 4.57 Å². The van der Waals surface area contributed by atoms with Crippen molar-refractivity contribution in [2.75, 3.05) is 20.8 Å². The summed E-state index contributed by atoms with van der Waals surface area (Å²) in [6.07, 6.45) is 2.58. The molecule has 0 fully saturated rings. The molecule has 0 bridgehead atoms. The molecule has 1 heterocycles. The quantitative estimate of drug-likeness (QED) is 0.600. The van der Waals surface area contributed by atoms with Crippen molar-refractivity contribution in [3.05, 3.63) is 18.2 Å². The van der Waals surface area contributed by atoms with Crippen molar-refractivity contribution in [2.45, 2.75) is 26.1 Å². The summed E-state index contributed by atoms with van der Waals surface area (Å²) in [6, 6.07) is 0.0612. The lowest BCUT2D eigenvalue weighted by atomic mass is 10.4.